The Kier molecular flexibility index (Phi) is 8.85. The number of hydrogen-bond donors (Lipinski definition) is 1. The Bertz CT molecular complexity index is 895. The second-order valence-corrected chi connectivity index (χ2v) is 8.32. The van der Waals surface area contributed by atoms with Gasteiger partial charge in [0.05, 0.1) is 24.2 Å². The molecule has 0 atom stereocenters. The third-order valence-electron chi connectivity index (χ3n) is 5.07. The van der Waals surface area contributed by atoms with Gasteiger partial charge in [-0.15, -0.1) is 0 Å². The van der Waals surface area contributed by atoms with Crippen molar-refractivity contribution >= 4 is 11.6 Å². The lowest BCUT2D eigenvalue weighted by Gasteiger charge is -2.23. The number of nitrogens with zero attached hydrogens (tertiary/aromatic N) is 1. The van der Waals surface area contributed by atoms with Crippen LogP contribution in [-0.2, 0) is 4.79 Å². The van der Waals surface area contributed by atoms with Crippen LogP contribution in [0.3, 0.4) is 0 Å². The molecule has 0 aliphatic heterocycles. The Hall–Kier alpha value is -3.09. The van der Waals surface area contributed by atoms with E-state index in [0.717, 1.165) is 23.3 Å². The van der Waals surface area contributed by atoms with Crippen molar-refractivity contribution in [3.05, 3.63) is 63.7 Å². The Labute approximate surface area is 183 Å². The molecule has 1 amide bonds. The number of non-ortho nitro benzene ring substituents is 1. The van der Waals surface area contributed by atoms with Crippen LogP contribution >= 0.6 is 0 Å². The number of aryl methyl sites for hydroxylation is 2. The highest BCUT2D eigenvalue weighted by Gasteiger charge is 2.26. The molecule has 0 aliphatic rings. The number of nitro groups is 1. The molecule has 2 aromatic rings. The van der Waals surface area contributed by atoms with Crippen LogP contribution < -0.4 is 14.8 Å². The molecule has 0 unspecified atom stereocenters. The van der Waals surface area contributed by atoms with Crippen LogP contribution in [-0.4, -0.2) is 30.6 Å². The number of amides is 1. The highest BCUT2D eigenvalue weighted by molar-refractivity contribution is 5.81. The van der Waals surface area contributed by atoms with E-state index >= 15 is 0 Å². The smallest absolute Gasteiger partial charge is 0.273 e. The first-order valence-electron chi connectivity index (χ1n) is 10.5. The minimum absolute atomic E-state index is 0.00501. The van der Waals surface area contributed by atoms with E-state index in [2.05, 4.69) is 11.4 Å². The number of carbonyl (C=O) groups excluding carboxylic acids is 1. The van der Waals surface area contributed by atoms with Crippen molar-refractivity contribution in [3.63, 3.8) is 0 Å². The summed E-state index contributed by atoms with van der Waals surface area (Å²) in [6.45, 7) is 9.34. The molecule has 0 aliphatic carbocycles. The molecule has 0 heterocycles. The third-order valence-corrected chi connectivity index (χ3v) is 5.07. The maximum Gasteiger partial charge on any atom is 0.273 e. The van der Waals surface area contributed by atoms with Crippen LogP contribution in [0.25, 0.3) is 0 Å². The highest BCUT2D eigenvalue weighted by atomic mass is 16.6. The fourth-order valence-electron chi connectivity index (χ4n) is 3.06. The van der Waals surface area contributed by atoms with Crippen molar-refractivity contribution in [1.82, 2.24) is 5.32 Å². The number of rotatable bonds is 12. The molecule has 0 saturated carbocycles. The number of ether oxygens (including phenoxy) is 2. The van der Waals surface area contributed by atoms with Crippen LogP contribution in [0.5, 0.6) is 11.5 Å². The maximum atomic E-state index is 12.5. The minimum atomic E-state index is -0.494. The molecule has 0 spiro atoms. The van der Waals surface area contributed by atoms with Crippen molar-refractivity contribution in [3.8, 4) is 11.5 Å². The summed E-state index contributed by atoms with van der Waals surface area (Å²) < 4.78 is 11.4. The maximum absolute atomic E-state index is 12.5. The molecule has 2 rings (SSSR count). The molecule has 7 heteroatoms. The number of hydrogen-bond acceptors (Lipinski definition) is 5. The van der Waals surface area contributed by atoms with Crippen LogP contribution in [0, 0.1) is 29.4 Å². The third kappa shape index (κ3) is 7.92. The largest absolute Gasteiger partial charge is 0.493 e. The van der Waals surface area contributed by atoms with Crippen LogP contribution in [0.2, 0.25) is 0 Å². The topological polar surface area (TPSA) is 90.7 Å². The zero-order chi connectivity index (χ0) is 22.9. The van der Waals surface area contributed by atoms with Crippen molar-refractivity contribution < 1.29 is 19.2 Å². The van der Waals surface area contributed by atoms with E-state index in [1.165, 1.54) is 12.1 Å². The summed E-state index contributed by atoms with van der Waals surface area (Å²) in [4.78, 5) is 22.8. The van der Waals surface area contributed by atoms with E-state index in [1.54, 1.807) is 12.1 Å². The van der Waals surface area contributed by atoms with Crippen LogP contribution in [0.1, 0.15) is 44.2 Å². The average molecular weight is 429 g/mol. The first-order valence-corrected chi connectivity index (χ1v) is 10.5. The molecule has 168 valence electrons. The zero-order valence-electron chi connectivity index (χ0n) is 18.8. The van der Waals surface area contributed by atoms with Crippen LogP contribution in [0.15, 0.2) is 42.5 Å². The molecule has 1 N–H and O–H groups in total. The molecule has 2 aromatic carbocycles. The molecule has 0 saturated heterocycles. The lowest BCUT2D eigenvalue weighted by atomic mass is 9.87. The molecule has 7 nitrogen and oxygen atoms in total. The summed E-state index contributed by atoms with van der Waals surface area (Å²) in [5, 5.41) is 13.7. The summed E-state index contributed by atoms with van der Waals surface area (Å²) >= 11 is 0. The van der Waals surface area contributed by atoms with Crippen molar-refractivity contribution in [2.75, 3.05) is 19.8 Å². The Morgan fingerprint density at radius 1 is 1.06 bits per heavy atom. The van der Waals surface area contributed by atoms with Gasteiger partial charge in [-0.2, -0.15) is 0 Å². The summed E-state index contributed by atoms with van der Waals surface area (Å²) in [5.41, 5.74) is 1.77. The van der Waals surface area contributed by atoms with Gasteiger partial charge in [0, 0.05) is 18.0 Å². The standard InChI is InChI=1S/C24H32N2O5/c1-18-10-11-19(2)22(16-18)31-14-6-12-24(3,4)23(27)25-13-7-15-30-21-9-5-8-20(17-21)26(28)29/h5,8-11,16-17H,6-7,12-15H2,1-4H3,(H,25,27). The Morgan fingerprint density at radius 2 is 1.81 bits per heavy atom. The zero-order valence-corrected chi connectivity index (χ0v) is 18.8. The molecule has 0 bridgehead atoms. The van der Waals surface area contributed by atoms with E-state index in [4.69, 9.17) is 9.47 Å². The average Bonchev–Trinajstić information content (AvgIpc) is 2.73. The number of carbonyl (C=O) groups is 1. The summed E-state index contributed by atoms with van der Waals surface area (Å²) in [6.07, 6.45) is 2.11. The molecular weight excluding hydrogens is 396 g/mol. The van der Waals surface area contributed by atoms with E-state index in [-0.39, 0.29) is 11.6 Å². The normalized spacial score (nSPS) is 11.1. The number of nitrogens with one attached hydrogen (secondary N) is 1. The first-order chi connectivity index (χ1) is 14.7. The SMILES string of the molecule is Cc1ccc(C)c(OCCCC(C)(C)C(=O)NCCCOc2cccc([N+](=O)[O-])c2)c1. The molecule has 0 fully saturated rings. The fraction of sp³-hybridized carbons (Fsp3) is 0.458. The summed E-state index contributed by atoms with van der Waals surface area (Å²) in [5.74, 6) is 1.34. The predicted octanol–water partition coefficient (Wildman–Crippen LogP) is 4.98. The summed E-state index contributed by atoms with van der Waals surface area (Å²) in [7, 11) is 0. The van der Waals surface area contributed by atoms with Crippen molar-refractivity contribution in [1.29, 1.82) is 0 Å². The summed E-state index contributed by atoms with van der Waals surface area (Å²) in [6, 6.07) is 12.2. The quantitative estimate of drug-likeness (QED) is 0.292. The van der Waals surface area contributed by atoms with Crippen molar-refractivity contribution in [2.45, 2.75) is 47.0 Å². The van der Waals surface area contributed by atoms with Crippen LogP contribution in [0.4, 0.5) is 5.69 Å². The monoisotopic (exact) mass is 428 g/mol. The highest BCUT2D eigenvalue weighted by Crippen LogP contribution is 2.24. The lowest BCUT2D eigenvalue weighted by molar-refractivity contribution is -0.384. The molecule has 31 heavy (non-hydrogen) atoms. The van der Waals surface area contributed by atoms with E-state index in [0.29, 0.717) is 38.3 Å². The van der Waals surface area contributed by atoms with Crippen molar-refractivity contribution in [2.24, 2.45) is 5.41 Å². The lowest BCUT2D eigenvalue weighted by Crippen LogP contribution is -2.38. The van der Waals surface area contributed by atoms with E-state index in [9.17, 15) is 14.9 Å². The first kappa shape index (κ1) is 24.2. The van der Waals surface area contributed by atoms with Gasteiger partial charge in [-0.1, -0.05) is 32.0 Å². The number of benzene rings is 2. The molecular formula is C24H32N2O5. The van der Waals surface area contributed by atoms with Gasteiger partial charge in [0.15, 0.2) is 0 Å². The van der Waals surface area contributed by atoms with Gasteiger partial charge in [0.2, 0.25) is 5.91 Å². The van der Waals surface area contributed by atoms with Gasteiger partial charge in [-0.05, 0) is 56.4 Å². The Balaban J connectivity index is 1.65. The molecule has 0 radical (unpaired) electrons. The molecule has 0 aromatic heterocycles. The minimum Gasteiger partial charge on any atom is -0.493 e. The van der Waals surface area contributed by atoms with Gasteiger partial charge < -0.3 is 14.8 Å². The van der Waals surface area contributed by atoms with E-state index < -0.39 is 10.3 Å². The Morgan fingerprint density at radius 3 is 2.55 bits per heavy atom. The number of nitro benzene ring substituents is 1. The predicted molar refractivity (Wildman–Crippen MR) is 121 cm³/mol. The second-order valence-electron chi connectivity index (χ2n) is 8.32. The second kappa shape index (κ2) is 11.3. The van der Waals surface area contributed by atoms with Gasteiger partial charge >= 0.3 is 0 Å². The van der Waals surface area contributed by atoms with Gasteiger partial charge in [-0.25, -0.2) is 0 Å². The van der Waals surface area contributed by atoms with Gasteiger partial charge in [0.1, 0.15) is 11.5 Å². The fourth-order valence-corrected chi connectivity index (χ4v) is 3.06. The van der Waals surface area contributed by atoms with E-state index in [1.807, 2.05) is 39.8 Å². The van der Waals surface area contributed by atoms with Gasteiger partial charge in [0.25, 0.3) is 5.69 Å². The van der Waals surface area contributed by atoms with Gasteiger partial charge in [-0.3, -0.25) is 14.9 Å².